The van der Waals surface area contributed by atoms with Gasteiger partial charge in [0.25, 0.3) is 0 Å². The predicted molar refractivity (Wildman–Crippen MR) is 68.7 cm³/mol. The lowest BCUT2D eigenvalue weighted by molar-refractivity contribution is 0.494. The first-order valence-corrected chi connectivity index (χ1v) is 6.15. The zero-order valence-corrected chi connectivity index (χ0v) is 10.5. The van der Waals surface area contributed by atoms with Gasteiger partial charge in [0, 0.05) is 12.5 Å². The van der Waals surface area contributed by atoms with Crippen LogP contribution in [0.5, 0.6) is 0 Å². The first-order valence-electron chi connectivity index (χ1n) is 6.15. The molecule has 19 heavy (non-hydrogen) atoms. The number of nitrogens with zero attached hydrogens (tertiary/aromatic N) is 5. The van der Waals surface area contributed by atoms with Crippen molar-refractivity contribution in [3.8, 4) is 0 Å². The zero-order valence-electron chi connectivity index (χ0n) is 10.5. The van der Waals surface area contributed by atoms with Gasteiger partial charge in [0.05, 0.1) is 6.26 Å². The van der Waals surface area contributed by atoms with Crippen molar-refractivity contribution in [3.63, 3.8) is 0 Å². The Morgan fingerprint density at radius 1 is 1.37 bits per heavy atom. The van der Waals surface area contributed by atoms with Gasteiger partial charge >= 0.3 is 0 Å². The first kappa shape index (κ1) is 11.6. The molecule has 3 aromatic heterocycles. The van der Waals surface area contributed by atoms with Crippen molar-refractivity contribution in [2.75, 3.05) is 5.32 Å². The van der Waals surface area contributed by atoms with E-state index in [0.29, 0.717) is 5.65 Å². The molecule has 0 bridgehead atoms. The molecule has 0 aliphatic carbocycles. The van der Waals surface area contributed by atoms with Gasteiger partial charge in [0.2, 0.25) is 0 Å². The van der Waals surface area contributed by atoms with E-state index < -0.39 is 0 Å². The molecule has 98 valence electrons. The zero-order chi connectivity index (χ0) is 13.1. The summed E-state index contributed by atoms with van der Waals surface area (Å²) in [6.45, 7) is 2.11. The number of furan rings is 1. The predicted octanol–water partition coefficient (Wildman–Crippen LogP) is 1.55. The van der Waals surface area contributed by atoms with Crippen LogP contribution in [0, 0.1) is 0 Å². The number of aryl methyl sites for hydroxylation is 1. The fraction of sp³-hybridized carbons (Fsp3) is 0.333. The molecule has 3 rings (SSSR count). The molecule has 0 amide bonds. The van der Waals surface area contributed by atoms with Gasteiger partial charge < -0.3 is 9.73 Å². The third-order valence-corrected chi connectivity index (χ3v) is 2.87. The summed E-state index contributed by atoms with van der Waals surface area (Å²) in [5.41, 5.74) is 0.633. The lowest BCUT2D eigenvalue weighted by Gasteiger charge is -2.13. The summed E-state index contributed by atoms with van der Waals surface area (Å²) in [5.74, 6) is 1.75. The minimum atomic E-state index is 0.284. The van der Waals surface area contributed by atoms with Crippen molar-refractivity contribution < 1.29 is 4.42 Å². The Morgan fingerprint density at radius 2 is 2.32 bits per heavy atom. The van der Waals surface area contributed by atoms with Crippen molar-refractivity contribution in [1.29, 1.82) is 0 Å². The average molecular weight is 258 g/mol. The lowest BCUT2D eigenvalue weighted by atomic mass is 10.1. The van der Waals surface area contributed by atoms with Gasteiger partial charge in [-0.2, -0.15) is 0 Å². The topological polar surface area (TPSA) is 81.1 Å². The van der Waals surface area contributed by atoms with Crippen LogP contribution in [0.15, 0.2) is 34.9 Å². The van der Waals surface area contributed by atoms with E-state index >= 15 is 0 Å². The maximum Gasteiger partial charge on any atom is 0.200 e. The molecule has 3 heterocycles. The molecule has 0 aliphatic heterocycles. The van der Waals surface area contributed by atoms with Gasteiger partial charge in [-0.25, -0.2) is 0 Å². The third kappa shape index (κ3) is 2.70. The van der Waals surface area contributed by atoms with Crippen LogP contribution in [0.3, 0.4) is 0 Å². The van der Waals surface area contributed by atoms with Crippen LogP contribution in [-0.4, -0.2) is 31.3 Å². The fourth-order valence-corrected chi connectivity index (χ4v) is 1.86. The van der Waals surface area contributed by atoms with Gasteiger partial charge in [-0.3, -0.25) is 0 Å². The molecule has 0 fully saturated rings. The minimum absolute atomic E-state index is 0.284. The second kappa shape index (κ2) is 5.05. The number of hydrogen-bond acceptors (Lipinski definition) is 6. The number of anilines is 1. The van der Waals surface area contributed by atoms with E-state index in [2.05, 4.69) is 32.9 Å². The molecule has 0 radical (unpaired) electrons. The number of tetrazole rings is 1. The van der Waals surface area contributed by atoms with Crippen molar-refractivity contribution in [2.24, 2.45) is 0 Å². The highest BCUT2D eigenvalue weighted by atomic mass is 16.3. The summed E-state index contributed by atoms with van der Waals surface area (Å²) in [6, 6.07) is 7.87. The van der Waals surface area contributed by atoms with E-state index in [9.17, 15) is 0 Å². The molecular formula is C12H14N6O. The Bertz CT molecular complexity index is 647. The van der Waals surface area contributed by atoms with E-state index in [1.165, 1.54) is 4.63 Å². The molecule has 1 atom stereocenters. The Balaban J connectivity index is 1.60. The summed E-state index contributed by atoms with van der Waals surface area (Å²) in [7, 11) is 0. The average Bonchev–Trinajstić information content (AvgIpc) is 3.07. The van der Waals surface area contributed by atoms with E-state index in [0.717, 1.165) is 24.4 Å². The van der Waals surface area contributed by atoms with Crippen LogP contribution in [0.25, 0.3) is 5.65 Å². The highest BCUT2D eigenvalue weighted by Gasteiger charge is 2.06. The van der Waals surface area contributed by atoms with Gasteiger partial charge in [-0.1, -0.05) is 0 Å². The molecule has 0 saturated carbocycles. The summed E-state index contributed by atoms with van der Waals surface area (Å²) in [5, 5.41) is 18.7. The van der Waals surface area contributed by atoms with Crippen molar-refractivity contribution in [3.05, 3.63) is 36.3 Å². The van der Waals surface area contributed by atoms with E-state index in [-0.39, 0.29) is 6.04 Å². The first-order chi connectivity index (χ1) is 9.31. The Morgan fingerprint density at radius 3 is 3.16 bits per heavy atom. The number of aromatic nitrogens is 5. The summed E-state index contributed by atoms with van der Waals surface area (Å²) < 4.78 is 6.71. The van der Waals surface area contributed by atoms with Gasteiger partial charge in [-0.15, -0.1) is 14.8 Å². The molecule has 1 N–H and O–H groups in total. The Hall–Kier alpha value is -2.44. The SMILES string of the molecule is C[C@H](CCc1ccco1)Nc1ccc2nnnn2n1. The molecule has 0 spiro atoms. The van der Waals surface area contributed by atoms with Gasteiger partial charge in [0.15, 0.2) is 5.65 Å². The molecule has 0 unspecified atom stereocenters. The molecule has 7 nitrogen and oxygen atoms in total. The van der Waals surface area contributed by atoms with Crippen LogP contribution in [0.4, 0.5) is 5.82 Å². The highest BCUT2D eigenvalue weighted by Crippen LogP contribution is 2.10. The van der Waals surface area contributed by atoms with Crippen molar-refractivity contribution in [1.82, 2.24) is 25.3 Å². The van der Waals surface area contributed by atoms with Crippen LogP contribution >= 0.6 is 0 Å². The van der Waals surface area contributed by atoms with Crippen LogP contribution in [0.2, 0.25) is 0 Å². The van der Waals surface area contributed by atoms with Gasteiger partial charge in [0.1, 0.15) is 11.6 Å². The van der Waals surface area contributed by atoms with Crippen LogP contribution in [0.1, 0.15) is 19.1 Å². The van der Waals surface area contributed by atoms with Crippen molar-refractivity contribution >= 4 is 11.5 Å². The van der Waals surface area contributed by atoms with E-state index in [1.807, 2.05) is 24.3 Å². The quantitative estimate of drug-likeness (QED) is 0.747. The fourth-order valence-electron chi connectivity index (χ4n) is 1.86. The number of hydrogen-bond donors (Lipinski definition) is 1. The number of rotatable bonds is 5. The maximum absolute atomic E-state index is 5.31. The largest absolute Gasteiger partial charge is 0.469 e. The second-order valence-corrected chi connectivity index (χ2v) is 4.41. The standard InChI is InChI=1S/C12H14N6O/c1-9(4-5-10-3-2-8-19-10)13-11-6-7-12-14-16-17-18(12)15-11/h2-3,6-9H,4-5H2,1H3,(H,13,15)/t9-/m1/s1. The monoisotopic (exact) mass is 258 g/mol. The number of fused-ring (bicyclic) bond motifs is 1. The molecule has 0 aromatic carbocycles. The van der Waals surface area contributed by atoms with Crippen molar-refractivity contribution in [2.45, 2.75) is 25.8 Å². The minimum Gasteiger partial charge on any atom is -0.469 e. The lowest BCUT2D eigenvalue weighted by Crippen LogP contribution is -2.17. The summed E-state index contributed by atoms with van der Waals surface area (Å²) in [4.78, 5) is 0. The summed E-state index contributed by atoms with van der Waals surface area (Å²) >= 11 is 0. The van der Waals surface area contributed by atoms with Crippen LogP contribution < -0.4 is 5.32 Å². The molecule has 3 aromatic rings. The highest BCUT2D eigenvalue weighted by molar-refractivity contribution is 5.42. The molecule has 0 aliphatic rings. The molecule has 0 saturated heterocycles. The number of nitrogens with one attached hydrogen (secondary N) is 1. The Kier molecular flexibility index (Phi) is 3.09. The third-order valence-electron chi connectivity index (χ3n) is 2.87. The van der Waals surface area contributed by atoms with E-state index in [4.69, 9.17) is 4.42 Å². The van der Waals surface area contributed by atoms with E-state index in [1.54, 1.807) is 6.26 Å². The summed E-state index contributed by atoms with van der Waals surface area (Å²) in [6.07, 6.45) is 3.55. The smallest absolute Gasteiger partial charge is 0.200 e. The van der Waals surface area contributed by atoms with Gasteiger partial charge in [-0.05, 0) is 48.0 Å². The second-order valence-electron chi connectivity index (χ2n) is 4.41. The molecular weight excluding hydrogens is 244 g/mol. The molecule has 7 heteroatoms. The normalized spacial score (nSPS) is 12.7. The Labute approximate surface area is 109 Å². The van der Waals surface area contributed by atoms with Crippen LogP contribution in [-0.2, 0) is 6.42 Å². The maximum atomic E-state index is 5.31.